The molecule has 2 N–H and O–H groups in total. The van der Waals surface area contributed by atoms with Gasteiger partial charge in [0.25, 0.3) is 0 Å². The van der Waals surface area contributed by atoms with Crippen LogP contribution in [0.15, 0.2) is 0 Å². The summed E-state index contributed by atoms with van der Waals surface area (Å²) in [6.07, 6.45) is 5.42. The number of piperidine rings is 2. The Balaban J connectivity index is 1.45. The third kappa shape index (κ3) is 3.05. The van der Waals surface area contributed by atoms with Crippen molar-refractivity contribution in [1.29, 1.82) is 0 Å². The molecule has 0 amide bonds. The molecule has 4 nitrogen and oxygen atoms in total. The van der Waals surface area contributed by atoms with E-state index in [1.165, 1.54) is 78.0 Å². The van der Waals surface area contributed by atoms with Gasteiger partial charge in [-0.25, -0.2) is 0 Å². The zero-order valence-electron chi connectivity index (χ0n) is 11.5. The molecule has 3 aliphatic heterocycles. The molecule has 0 aromatic rings. The van der Waals surface area contributed by atoms with E-state index >= 15 is 0 Å². The maximum absolute atomic E-state index is 3.47. The van der Waals surface area contributed by atoms with Crippen molar-refractivity contribution in [2.75, 3.05) is 52.4 Å². The van der Waals surface area contributed by atoms with E-state index in [1.54, 1.807) is 0 Å². The van der Waals surface area contributed by atoms with Crippen LogP contribution in [0.5, 0.6) is 0 Å². The lowest BCUT2D eigenvalue weighted by molar-refractivity contribution is 0.0502. The first kappa shape index (κ1) is 12.9. The summed E-state index contributed by atoms with van der Waals surface area (Å²) < 4.78 is 0. The first-order valence-corrected chi connectivity index (χ1v) is 7.83. The topological polar surface area (TPSA) is 30.5 Å². The van der Waals surface area contributed by atoms with E-state index in [9.17, 15) is 0 Å². The summed E-state index contributed by atoms with van der Waals surface area (Å²) in [6.45, 7) is 10.1. The number of rotatable bonds is 2. The van der Waals surface area contributed by atoms with Gasteiger partial charge in [-0.2, -0.15) is 0 Å². The van der Waals surface area contributed by atoms with E-state index in [2.05, 4.69) is 20.4 Å². The van der Waals surface area contributed by atoms with Gasteiger partial charge in [-0.3, -0.25) is 9.80 Å². The highest BCUT2D eigenvalue weighted by atomic mass is 15.3. The zero-order valence-corrected chi connectivity index (χ0v) is 11.5. The van der Waals surface area contributed by atoms with Gasteiger partial charge in [0, 0.05) is 38.3 Å². The highest BCUT2D eigenvalue weighted by molar-refractivity contribution is 4.86. The lowest BCUT2D eigenvalue weighted by Crippen LogP contribution is -2.56. The Hall–Kier alpha value is -0.160. The second kappa shape index (κ2) is 6.33. The standard InChI is InChI=1S/C14H28N4/c1-5-15-6-2-13(1)17-9-11-18(12-10-17)14-3-7-16-8-4-14/h13-16H,1-12H2. The first-order chi connectivity index (χ1) is 8.93. The second-order valence-corrected chi connectivity index (χ2v) is 6.03. The molecule has 0 aromatic heterocycles. The number of nitrogens with zero attached hydrogens (tertiary/aromatic N) is 2. The maximum atomic E-state index is 3.47. The Kier molecular flexibility index (Phi) is 4.52. The molecule has 18 heavy (non-hydrogen) atoms. The van der Waals surface area contributed by atoms with Crippen LogP contribution in [0.4, 0.5) is 0 Å². The second-order valence-electron chi connectivity index (χ2n) is 6.03. The van der Waals surface area contributed by atoms with Crippen LogP contribution in [-0.2, 0) is 0 Å². The predicted octanol–water partition coefficient (Wildman–Crippen LogP) is 0.108. The maximum Gasteiger partial charge on any atom is 0.0120 e. The number of hydrogen-bond donors (Lipinski definition) is 2. The van der Waals surface area contributed by atoms with Gasteiger partial charge in [0.1, 0.15) is 0 Å². The normalized spacial score (nSPS) is 30.7. The summed E-state index contributed by atoms with van der Waals surface area (Å²) in [7, 11) is 0. The molecule has 3 rings (SSSR count). The molecular weight excluding hydrogens is 224 g/mol. The van der Waals surface area contributed by atoms with Crippen LogP contribution >= 0.6 is 0 Å². The van der Waals surface area contributed by atoms with Crippen molar-refractivity contribution in [3.63, 3.8) is 0 Å². The minimum absolute atomic E-state index is 0.862. The summed E-state index contributed by atoms with van der Waals surface area (Å²) in [4.78, 5) is 5.50. The minimum Gasteiger partial charge on any atom is -0.317 e. The van der Waals surface area contributed by atoms with Gasteiger partial charge < -0.3 is 10.6 Å². The average molecular weight is 252 g/mol. The molecule has 3 aliphatic rings. The molecule has 0 aliphatic carbocycles. The van der Waals surface area contributed by atoms with E-state index in [-0.39, 0.29) is 0 Å². The smallest absolute Gasteiger partial charge is 0.0120 e. The minimum atomic E-state index is 0.862. The van der Waals surface area contributed by atoms with Crippen LogP contribution in [0, 0.1) is 0 Å². The SMILES string of the molecule is C1CC(N2CCN(C3CCNCC3)CC2)CCN1. The van der Waals surface area contributed by atoms with Crippen molar-refractivity contribution in [3.05, 3.63) is 0 Å². The highest BCUT2D eigenvalue weighted by Crippen LogP contribution is 2.18. The van der Waals surface area contributed by atoms with Crippen molar-refractivity contribution in [1.82, 2.24) is 20.4 Å². The largest absolute Gasteiger partial charge is 0.317 e. The third-order valence-corrected chi connectivity index (χ3v) is 5.00. The Morgan fingerprint density at radius 3 is 1.22 bits per heavy atom. The van der Waals surface area contributed by atoms with Crippen LogP contribution in [0.25, 0.3) is 0 Å². The molecule has 4 heteroatoms. The molecule has 0 radical (unpaired) electrons. The van der Waals surface area contributed by atoms with E-state index in [4.69, 9.17) is 0 Å². The van der Waals surface area contributed by atoms with Gasteiger partial charge in [0.15, 0.2) is 0 Å². The van der Waals surface area contributed by atoms with E-state index in [0.29, 0.717) is 0 Å². The number of piperazine rings is 1. The zero-order chi connectivity index (χ0) is 12.2. The van der Waals surface area contributed by atoms with Gasteiger partial charge in [-0.1, -0.05) is 0 Å². The highest BCUT2D eigenvalue weighted by Gasteiger charge is 2.28. The summed E-state index contributed by atoms with van der Waals surface area (Å²) in [6, 6.07) is 1.72. The average Bonchev–Trinajstić information content (AvgIpc) is 2.49. The fourth-order valence-electron chi connectivity index (χ4n) is 3.81. The summed E-state index contributed by atoms with van der Waals surface area (Å²) in [5, 5.41) is 6.94. The molecule has 0 bridgehead atoms. The van der Waals surface area contributed by atoms with Crippen LogP contribution in [0.3, 0.4) is 0 Å². The van der Waals surface area contributed by atoms with Crippen molar-refractivity contribution >= 4 is 0 Å². The fourth-order valence-corrected chi connectivity index (χ4v) is 3.81. The van der Waals surface area contributed by atoms with Crippen LogP contribution < -0.4 is 10.6 Å². The quantitative estimate of drug-likeness (QED) is 0.730. The Morgan fingerprint density at radius 2 is 0.889 bits per heavy atom. The molecule has 3 saturated heterocycles. The monoisotopic (exact) mass is 252 g/mol. The molecule has 3 fully saturated rings. The van der Waals surface area contributed by atoms with E-state index < -0.39 is 0 Å². The number of nitrogens with one attached hydrogen (secondary N) is 2. The van der Waals surface area contributed by atoms with Crippen molar-refractivity contribution in [3.8, 4) is 0 Å². The van der Waals surface area contributed by atoms with Gasteiger partial charge in [-0.15, -0.1) is 0 Å². The predicted molar refractivity (Wildman–Crippen MR) is 74.9 cm³/mol. The molecule has 0 spiro atoms. The van der Waals surface area contributed by atoms with Gasteiger partial charge in [0.05, 0.1) is 0 Å². The van der Waals surface area contributed by atoms with E-state index in [1.807, 2.05) is 0 Å². The molecule has 104 valence electrons. The van der Waals surface area contributed by atoms with E-state index in [0.717, 1.165) is 12.1 Å². The van der Waals surface area contributed by atoms with Gasteiger partial charge >= 0.3 is 0 Å². The summed E-state index contributed by atoms with van der Waals surface area (Å²) in [5.41, 5.74) is 0. The Bertz CT molecular complexity index is 212. The van der Waals surface area contributed by atoms with Crippen LogP contribution in [-0.4, -0.2) is 74.2 Å². The molecule has 0 atom stereocenters. The molecule has 0 saturated carbocycles. The molecule has 0 aromatic carbocycles. The first-order valence-electron chi connectivity index (χ1n) is 7.83. The third-order valence-electron chi connectivity index (χ3n) is 5.00. The summed E-state index contributed by atoms with van der Waals surface area (Å²) in [5.74, 6) is 0. The van der Waals surface area contributed by atoms with Crippen molar-refractivity contribution in [2.24, 2.45) is 0 Å². The van der Waals surface area contributed by atoms with Gasteiger partial charge in [-0.05, 0) is 51.9 Å². The summed E-state index contributed by atoms with van der Waals surface area (Å²) >= 11 is 0. The molecule has 0 unspecified atom stereocenters. The van der Waals surface area contributed by atoms with Gasteiger partial charge in [0.2, 0.25) is 0 Å². The van der Waals surface area contributed by atoms with Crippen molar-refractivity contribution in [2.45, 2.75) is 37.8 Å². The van der Waals surface area contributed by atoms with Crippen molar-refractivity contribution < 1.29 is 0 Å². The fraction of sp³-hybridized carbons (Fsp3) is 1.00. The van der Waals surface area contributed by atoms with Crippen LogP contribution in [0.1, 0.15) is 25.7 Å². The molecule has 3 heterocycles. The number of hydrogen-bond acceptors (Lipinski definition) is 4. The Labute approximate surface area is 111 Å². The lowest BCUT2D eigenvalue weighted by atomic mass is 10.0. The molecular formula is C14H28N4. The lowest BCUT2D eigenvalue weighted by Gasteiger charge is -2.44. The Morgan fingerprint density at radius 1 is 0.556 bits per heavy atom. The van der Waals surface area contributed by atoms with Crippen LogP contribution in [0.2, 0.25) is 0 Å².